The number of halogens is 1. The fourth-order valence-corrected chi connectivity index (χ4v) is 2.94. The van der Waals surface area contributed by atoms with Crippen LogP contribution >= 0.6 is 15.9 Å². The second-order valence-corrected chi connectivity index (χ2v) is 5.61. The molecular weight excluding hydrogens is 320 g/mol. The van der Waals surface area contributed by atoms with E-state index in [1.807, 2.05) is 12.1 Å². The first-order chi connectivity index (χ1) is 9.65. The predicted molar refractivity (Wildman–Crippen MR) is 80.0 cm³/mol. The van der Waals surface area contributed by atoms with E-state index in [1.165, 1.54) is 0 Å². The van der Waals surface area contributed by atoms with Crippen LogP contribution in [-0.4, -0.2) is 17.4 Å². The zero-order chi connectivity index (χ0) is 14.1. The molecule has 0 bridgehead atoms. The number of fused-ring (bicyclic) bond motifs is 1. The number of Topliss-reactive ketones (excluding diaryl/α,β-unsaturated/α-hetero) is 1. The van der Waals surface area contributed by atoms with Crippen molar-refractivity contribution in [2.24, 2.45) is 0 Å². The number of anilines is 1. The first-order valence-electron chi connectivity index (χ1n) is 6.33. The number of nitrogens with two attached hydrogens (primary N) is 1. The van der Waals surface area contributed by atoms with Crippen molar-refractivity contribution in [3.8, 4) is 5.75 Å². The van der Waals surface area contributed by atoms with Gasteiger partial charge in [-0.3, -0.25) is 9.78 Å². The molecule has 2 aromatic rings. The van der Waals surface area contributed by atoms with Gasteiger partial charge in [-0.15, -0.1) is 0 Å². The standard InChI is InChI=1S/C15H13BrN2O2/c16-11-6-9-3-5-20-15(9)10(7-11)8-13(19)14-12(17)2-1-4-18-14/h1-2,4,6-7H,3,5,8,17H2. The zero-order valence-electron chi connectivity index (χ0n) is 10.7. The molecule has 0 spiro atoms. The van der Waals surface area contributed by atoms with Crippen molar-refractivity contribution in [3.63, 3.8) is 0 Å². The molecule has 0 radical (unpaired) electrons. The van der Waals surface area contributed by atoms with Gasteiger partial charge < -0.3 is 10.5 Å². The number of ketones is 1. The fraction of sp³-hybridized carbons (Fsp3) is 0.200. The highest BCUT2D eigenvalue weighted by molar-refractivity contribution is 9.10. The van der Waals surface area contributed by atoms with Crippen LogP contribution in [0.5, 0.6) is 5.75 Å². The number of rotatable bonds is 3. The number of benzene rings is 1. The molecule has 0 aliphatic carbocycles. The molecule has 2 N–H and O–H groups in total. The lowest BCUT2D eigenvalue weighted by Gasteiger charge is -2.09. The summed E-state index contributed by atoms with van der Waals surface area (Å²) in [6.45, 7) is 0.665. The number of carbonyl (C=O) groups is 1. The predicted octanol–water partition coefficient (Wildman–Crippen LogP) is 2.79. The van der Waals surface area contributed by atoms with Crippen molar-refractivity contribution < 1.29 is 9.53 Å². The Morgan fingerprint density at radius 2 is 2.30 bits per heavy atom. The average Bonchev–Trinajstić information content (AvgIpc) is 2.87. The lowest BCUT2D eigenvalue weighted by molar-refractivity contribution is 0.0988. The van der Waals surface area contributed by atoms with Gasteiger partial charge in [0.05, 0.1) is 12.3 Å². The second-order valence-electron chi connectivity index (χ2n) is 4.69. The molecule has 1 aliphatic rings. The number of nitrogen functional groups attached to an aromatic ring is 1. The molecule has 3 rings (SSSR count). The van der Waals surface area contributed by atoms with Crippen molar-refractivity contribution in [2.75, 3.05) is 12.3 Å². The number of nitrogens with zero attached hydrogens (tertiary/aromatic N) is 1. The summed E-state index contributed by atoms with van der Waals surface area (Å²) in [7, 11) is 0. The van der Waals surface area contributed by atoms with Gasteiger partial charge in [0, 0.05) is 29.1 Å². The van der Waals surface area contributed by atoms with Crippen LogP contribution in [0.2, 0.25) is 0 Å². The van der Waals surface area contributed by atoms with Crippen molar-refractivity contribution >= 4 is 27.4 Å². The largest absolute Gasteiger partial charge is 0.493 e. The Morgan fingerprint density at radius 3 is 3.10 bits per heavy atom. The second kappa shape index (κ2) is 5.25. The van der Waals surface area contributed by atoms with Crippen LogP contribution in [0.15, 0.2) is 34.9 Å². The summed E-state index contributed by atoms with van der Waals surface area (Å²) in [6.07, 6.45) is 2.69. The Balaban J connectivity index is 1.93. The molecule has 1 aliphatic heterocycles. The Kier molecular flexibility index (Phi) is 3.44. The van der Waals surface area contributed by atoms with Crippen LogP contribution in [0.1, 0.15) is 21.6 Å². The third-order valence-corrected chi connectivity index (χ3v) is 3.74. The highest BCUT2D eigenvalue weighted by Crippen LogP contribution is 2.33. The fourth-order valence-electron chi connectivity index (χ4n) is 2.38. The van der Waals surface area contributed by atoms with Crippen LogP contribution in [0.3, 0.4) is 0 Å². The first-order valence-corrected chi connectivity index (χ1v) is 7.12. The molecule has 0 saturated carbocycles. The maximum atomic E-state index is 12.3. The lowest BCUT2D eigenvalue weighted by Crippen LogP contribution is -2.10. The quantitative estimate of drug-likeness (QED) is 0.878. The van der Waals surface area contributed by atoms with Gasteiger partial charge in [-0.2, -0.15) is 0 Å². The smallest absolute Gasteiger partial charge is 0.187 e. The summed E-state index contributed by atoms with van der Waals surface area (Å²) < 4.78 is 6.58. The van der Waals surface area contributed by atoms with Gasteiger partial charge in [0.1, 0.15) is 11.4 Å². The van der Waals surface area contributed by atoms with Gasteiger partial charge in [-0.05, 0) is 29.8 Å². The number of ether oxygens (including phenoxy) is 1. The number of hydrogen-bond acceptors (Lipinski definition) is 4. The lowest BCUT2D eigenvalue weighted by atomic mass is 10.0. The molecule has 102 valence electrons. The maximum Gasteiger partial charge on any atom is 0.187 e. The molecule has 4 nitrogen and oxygen atoms in total. The van der Waals surface area contributed by atoms with Gasteiger partial charge >= 0.3 is 0 Å². The molecule has 0 fully saturated rings. The van der Waals surface area contributed by atoms with E-state index in [1.54, 1.807) is 18.3 Å². The van der Waals surface area contributed by atoms with Gasteiger partial charge in [-0.25, -0.2) is 0 Å². The maximum absolute atomic E-state index is 12.3. The van der Waals surface area contributed by atoms with E-state index in [-0.39, 0.29) is 12.2 Å². The molecule has 20 heavy (non-hydrogen) atoms. The molecule has 1 aromatic heterocycles. The number of hydrogen-bond donors (Lipinski definition) is 1. The van der Waals surface area contributed by atoms with Crippen LogP contribution in [0.25, 0.3) is 0 Å². The third kappa shape index (κ3) is 2.41. The van der Waals surface area contributed by atoms with E-state index in [9.17, 15) is 4.79 Å². The summed E-state index contributed by atoms with van der Waals surface area (Å²) in [5, 5.41) is 0. The third-order valence-electron chi connectivity index (χ3n) is 3.28. The summed E-state index contributed by atoms with van der Waals surface area (Å²) in [6, 6.07) is 7.35. The van der Waals surface area contributed by atoms with Crippen molar-refractivity contribution in [3.05, 3.63) is 51.8 Å². The van der Waals surface area contributed by atoms with E-state index in [0.717, 1.165) is 27.8 Å². The minimum Gasteiger partial charge on any atom is -0.493 e. The monoisotopic (exact) mass is 332 g/mol. The summed E-state index contributed by atoms with van der Waals surface area (Å²) in [5.74, 6) is 0.731. The normalized spacial score (nSPS) is 12.8. The van der Waals surface area contributed by atoms with Gasteiger partial charge in [-0.1, -0.05) is 15.9 Å². The van der Waals surface area contributed by atoms with E-state index in [4.69, 9.17) is 10.5 Å². The highest BCUT2D eigenvalue weighted by Gasteiger charge is 2.20. The number of carbonyl (C=O) groups excluding carboxylic acids is 1. The van der Waals surface area contributed by atoms with E-state index >= 15 is 0 Å². The van der Waals surface area contributed by atoms with Crippen LogP contribution in [-0.2, 0) is 12.8 Å². The Labute approximate surface area is 125 Å². The molecule has 0 amide bonds. The van der Waals surface area contributed by atoms with E-state index in [2.05, 4.69) is 20.9 Å². The van der Waals surface area contributed by atoms with Crippen LogP contribution in [0, 0.1) is 0 Å². The van der Waals surface area contributed by atoms with Crippen molar-refractivity contribution in [1.82, 2.24) is 4.98 Å². The zero-order valence-corrected chi connectivity index (χ0v) is 12.3. The minimum atomic E-state index is -0.0982. The van der Waals surface area contributed by atoms with E-state index < -0.39 is 0 Å². The SMILES string of the molecule is Nc1cccnc1C(=O)Cc1cc(Br)cc2c1OCC2. The Hall–Kier alpha value is -1.88. The van der Waals surface area contributed by atoms with Crippen LogP contribution in [0.4, 0.5) is 5.69 Å². The topological polar surface area (TPSA) is 65.2 Å². The highest BCUT2D eigenvalue weighted by atomic mass is 79.9. The summed E-state index contributed by atoms with van der Waals surface area (Å²) in [5.41, 5.74) is 8.53. The van der Waals surface area contributed by atoms with Gasteiger partial charge in [0.15, 0.2) is 5.78 Å². The summed E-state index contributed by atoms with van der Waals surface area (Å²) >= 11 is 3.47. The molecule has 0 saturated heterocycles. The number of pyridine rings is 1. The molecule has 1 aromatic carbocycles. The van der Waals surface area contributed by atoms with Crippen molar-refractivity contribution in [2.45, 2.75) is 12.8 Å². The Morgan fingerprint density at radius 1 is 1.45 bits per heavy atom. The molecule has 5 heteroatoms. The molecular formula is C15H13BrN2O2. The minimum absolute atomic E-state index is 0.0982. The number of aromatic nitrogens is 1. The molecule has 0 atom stereocenters. The molecule has 0 unspecified atom stereocenters. The van der Waals surface area contributed by atoms with Gasteiger partial charge in [0.2, 0.25) is 0 Å². The summed E-state index contributed by atoms with van der Waals surface area (Å²) in [4.78, 5) is 16.4. The molecule has 2 heterocycles. The first kappa shape index (κ1) is 13.1. The average molecular weight is 333 g/mol. The van der Waals surface area contributed by atoms with Gasteiger partial charge in [0.25, 0.3) is 0 Å². The van der Waals surface area contributed by atoms with Crippen molar-refractivity contribution in [1.29, 1.82) is 0 Å². The Bertz CT molecular complexity index is 686. The van der Waals surface area contributed by atoms with E-state index in [0.29, 0.717) is 18.0 Å². The van der Waals surface area contributed by atoms with Crippen LogP contribution < -0.4 is 10.5 Å².